The SMILES string of the molecule is COc1ccc(CN(CCCN)Cc2ccc(C(C)(C)C)cc2)cc1. The van der Waals surface area contributed by atoms with Crippen LogP contribution in [0.1, 0.15) is 43.9 Å². The van der Waals surface area contributed by atoms with E-state index in [9.17, 15) is 0 Å². The van der Waals surface area contributed by atoms with Gasteiger partial charge in [-0.2, -0.15) is 0 Å². The smallest absolute Gasteiger partial charge is 0.118 e. The molecule has 0 atom stereocenters. The molecular weight excluding hydrogens is 308 g/mol. The van der Waals surface area contributed by atoms with Crippen LogP contribution in [0.25, 0.3) is 0 Å². The monoisotopic (exact) mass is 340 g/mol. The van der Waals surface area contributed by atoms with Crippen LogP contribution in [-0.2, 0) is 18.5 Å². The Kier molecular flexibility index (Phi) is 7.03. The molecule has 3 heteroatoms. The fourth-order valence-corrected chi connectivity index (χ4v) is 2.89. The zero-order chi connectivity index (χ0) is 18.3. The summed E-state index contributed by atoms with van der Waals surface area (Å²) in [6.45, 7) is 10.3. The Bertz CT molecular complexity index is 627. The quantitative estimate of drug-likeness (QED) is 0.777. The van der Waals surface area contributed by atoms with Crippen molar-refractivity contribution >= 4 is 0 Å². The number of methoxy groups -OCH3 is 1. The number of nitrogens with zero attached hydrogens (tertiary/aromatic N) is 1. The fourth-order valence-electron chi connectivity index (χ4n) is 2.89. The number of ether oxygens (including phenoxy) is 1. The summed E-state index contributed by atoms with van der Waals surface area (Å²) in [6.07, 6.45) is 1.01. The first kappa shape index (κ1) is 19.5. The Hall–Kier alpha value is -1.84. The van der Waals surface area contributed by atoms with E-state index < -0.39 is 0 Å². The van der Waals surface area contributed by atoms with E-state index in [2.05, 4.69) is 62.1 Å². The Morgan fingerprint density at radius 3 is 1.84 bits per heavy atom. The predicted octanol–water partition coefficient (Wildman–Crippen LogP) is 4.34. The van der Waals surface area contributed by atoms with Gasteiger partial charge in [-0.3, -0.25) is 4.90 Å². The molecule has 25 heavy (non-hydrogen) atoms. The first-order chi connectivity index (χ1) is 11.9. The minimum absolute atomic E-state index is 0.195. The number of hydrogen-bond acceptors (Lipinski definition) is 3. The van der Waals surface area contributed by atoms with E-state index in [-0.39, 0.29) is 5.41 Å². The van der Waals surface area contributed by atoms with Crippen LogP contribution in [0.2, 0.25) is 0 Å². The average molecular weight is 341 g/mol. The zero-order valence-electron chi connectivity index (χ0n) is 16.1. The fraction of sp³-hybridized carbons (Fsp3) is 0.455. The maximum Gasteiger partial charge on any atom is 0.118 e. The molecular formula is C22H32N2O. The lowest BCUT2D eigenvalue weighted by Crippen LogP contribution is -2.25. The molecule has 0 spiro atoms. The van der Waals surface area contributed by atoms with Gasteiger partial charge in [0, 0.05) is 19.6 Å². The number of benzene rings is 2. The van der Waals surface area contributed by atoms with Gasteiger partial charge < -0.3 is 10.5 Å². The molecule has 0 aromatic heterocycles. The molecule has 0 aliphatic rings. The molecule has 2 N–H and O–H groups in total. The topological polar surface area (TPSA) is 38.5 Å². The van der Waals surface area contributed by atoms with Crippen LogP contribution >= 0.6 is 0 Å². The lowest BCUT2D eigenvalue weighted by molar-refractivity contribution is 0.255. The van der Waals surface area contributed by atoms with Crippen molar-refractivity contribution in [3.8, 4) is 5.75 Å². The standard InChI is InChI=1S/C22H32N2O/c1-22(2,3)20-10-6-18(7-11-20)16-24(15-5-14-23)17-19-8-12-21(25-4)13-9-19/h6-13H,5,14-17,23H2,1-4H3. The molecule has 2 rings (SSSR count). The lowest BCUT2D eigenvalue weighted by atomic mass is 9.87. The number of hydrogen-bond donors (Lipinski definition) is 1. The highest BCUT2D eigenvalue weighted by molar-refractivity contribution is 5.29. The molecule has 2 aromatic rings. The molecule has 0 bridgehead atoms. The highest BCUT2D eigenvalue weighted by atomic mass is 16.5. The van der Waals surface area contributed by atoms with Crippen molar-refractivity contribution in [2.24, 2.45) is 5.73 Å². The van der Waals surface area contributed by atoms with Gasteiger partial charge in [0.05, 0.1) is 7.11 Å². The van der Waals surface area contributed by atoms with Crippen LogP contribution in [0.5, 0.6) is 5.75 Å². The van der Waals surface area contributed by atoms with E-state index >= 15 is 0 Å². The summed E-state index contributed by atoms with van der Waals surface area (Å²) in [4.78, 5) is 2.46. The molecule has 0 unspecified atom stereocenters. The highest BCUT2D eigenvalue weighted by Crippen LogP contribution is 2.23. The minimum Gasteiger partial charge on any atom is -0.497 e. The van der Waals surface area contributed by atoms with Crippen molar-refractivity contribution in [1.82, 2.24) is 4.90 Å². The van der Waals surface area contributed by atoms with Gasteiger partial charge in [-0.1, -0.05) is 57.2 Å². The summed E-state index contributed by atoms with van der Waals surface area (Å²) in [5.41, 5.74) is 9.94. The summed E-state index contributed by atoms with van der Waals surface area (Å²) < 4.78 is 5.24. The molecule has 0 aliphatic carbocycles. The van der Waals surface area contributed by atoms with Gasteiger partial charge in [0.15, 0.2) is 0 Å². The Balaban J connectivity index is 2.05. The van der Waals surface area contributed by atoms with E-state index in [1.807, 2.05) is 12.1 Å². The first-order valence-corrected chi connectivity index (χ1v) is 9.07. The third kappa shape index (κ3) is 6.18. The van der Waals surface area contributed by atoms with Crippen LogP contribution in [0.4, 0.5) is 0 Å². The Morgan fingerprint density at radius 2 is 1.40 bits per heavy atom. The molecule has 0 fully saturated rings. The Labute approximate surface area is 152 Å². The van der Waals surface area contributed by atoms with Gasteiger partial charge in [0.25, 0.3) is 0 Å². The van der Waals surface area contributed by atoms with Crippen LogP contribution in [0, 0.1) is 0 Å². The van der Waals surface area contributed by atoms with Crippen molar-refractivity contribution in [3.63, 3.8) is 0 Å². The number of nitrogens with two attached hydrogens (primary N) is 1. The molecule has 0 aliphatic heterocycles. The van der Waals surface area contributed by atoms with Crippen molar-refractivity contribution in [3.05, 3.63) is 65.2 Å². The molecule has 2 aromatic carbocycles. The Morgan fingerprint density at radius 1 is 0.880 bits per heavy atom. The van der Waals surface area contributed by atoms with Crippen LogP contribution in [-0.4, -0.2) is 25.1 Å². The molecule has 3 nitrogen and oxygen atoms in total. The third-order valence-electron chi connectivity index (χ3n) is 4.47. The molecule has 0 radical (unpaired) electrons. The molecule has 0 saturated heterocycles. The van der Waals surface area contributed by atoms with Gasteiger partial charge in [0.1, 0.15) is 5.75 Å². The highest BCUT2D eigenvalue weighted by Gasteiger charge is 2.13. The van der Waals surface area contributed by atoms with Gasteiger partial charge in [-0.15, -0.1) is 0 Å². The zero-order valence-corrected chi connectivity index (χ0v) is 16.1. The third-order valence-corrected chi connectivity index (χ3v) is 4.47. The van der Waals surface area contributed by atoms with E-state index in [1.54, 1.807) is 7.11 Å². The van der Waals surface area contributed by atoms with Crippen molar-refractivity contribution in [2.75, 3.05) is 20.2 Å². The summed E-state index contributed by atoms with van der Waals surface area (Å²) in [7, 11) is 1.70. The van der Waals surface area contributed by atoms with Crippen molar-refractivity contribution in [2.45, 2.75) is 45.7 Å². The average Bonchev–Trinajstić information content (AvgIpc) is 2.60. The van der Waals surface area contributed by atoms with Gasteiger partial charge in [0.2, 0.25) is 0 Å². The van der Waals surface area contributed by atoms with E-state index in [0.717, 1.165) is 38.3 Å². The summed E-state index contributed by atoms with van der Waals surface area (Å²) in [6, 6.07) is 17.3. The molecule has 0 amide bonds. The van der Waals surface area contributed by atoms with Crippen LogP contribution < -0.4 is 10.5 Å². The van der Waals surface area contributed by atoms with E-state index in [1.165, 1.54) is 16.7 Å². The maximum absolute atomic E-state index is 5.73. The first-order valence-electron chi connectivity index (χ1n) is 9.07. The van der Waals surface area contributed by atoms with Crippen molar-refractivity contribution in [1.29, 1.82) is 0 Å². The lowest BCUT2D eigenvalue weighted by Gasteiger charge is -2.24. The van der Waals surface area contributed by atoms with E-state index in [0.29, 0.717) is 0 Å². The van der Waals surface area contributed by atoms with E-state index in [4.69, 9.17) is 10.5 Å². The number of rotatable bonds is 8. The summed E-state index contributed by atoms with van der Waals surface area (Å²) in [5, 5.41) is 0. The second-order valence-electron chi connectivity index (χ2n) is 7.65. The van der Waals surface area contributed by atoms with Gasteiger partial charge in [-0.05, 0) is 47.2 Å². The molecule has 136 valence electrons. The molecule has 0 heterocycles. The minimum atomic E-state index is 0.195. The summed E-state index contributed by atoms with van der Waals surface area (Å²) >= 11 is 0. The normalized spacial score (nSPS) is 11.8. The second-order valence-corrected chi connectivity index (χ2v) is 7.65. The largest absolute Gasteiger partial charge is 0.497 e. The predicted molar refractivity (Wildman–Crippen MR) is 106 cm³/mol. The summed E-state index contributed by atoms with van der Waals surface area (Å²) in [5.74, 6) is 0.898. The van der Waals surface area contributed by atoms with Gasteiger partial charge >= 0.3 is 0 Å². The second kappa shape index (κ2) is 9.02. The van der Waals surface area contributed by atoms with Crippen molar-refractivity contribution < 1.29 is 4.74 Å². The van der Waals surface area contributed by atoms with Crippen LogP contribution in [0.15, 0.2) is 48.5 Å². The van der Waals surface area contributed by atoms with Gasteiger partial charge in [-0.25, -0.2) is 0 Å². The van der Waals surface area contributed by atoms with Crippen LogP contribution in [0.3, 0.4) is 0 Å². The maximum atomic E-state index is 5.73. The molecule has 0 saturated carbocycles.